The molecule has 39 heavy (non-hydrogen) atoms. The molecule has 1 heterocycles. The number of ether oxygens (including phenoxy) is 2. The van der Waals surface area contributed by atoms with E-state index in [2.05, 4.69) is 90.0 Å². The average molecular weight is 526 g/mol. The third-order valence-electron chi connectivity index (χ3n) is 7.05. The summed E-state index contributed by atoms with van der Waals surface area (Å²) in [5.74, 6) is 2.82. The highest BCUT2D eigenvalue weighted by molar-refractivity contribution is 5.69. The predicted molar refractivity (Wildman–Crippen MR) is 161 cm³/mol. The maximum Gasteiger partial charge on any atom is 0.140 e. The van der Waals surface area contributed by atoms with Gasteiger partial charge in [-0.25, -0.2) is 4.98 Å². The van der Waals surface area contributed by atoms with Gasteiger partial charge in [-0.15, -0.1) is 0 Å². The fourth-order valence-electron chi connectivity index (χ4n) is 4.91. The Morgan fingerprint density at radius 3 is 2.08 bits per heavy atom. The summed E-state index contributed by atoms with van der Waals surface area (Å²) in [5.41, 5.74) is 5.90. The quantitative estimate of drug-likeness (QED) is 0.157. The molecule has 0 atom stereocenters. The van der Waals surface area contributed by atoms with Gasteiger partial charge in [-0.2, -0.15) is 0 Å². The summed E-state index contributed by atoms with van der Waals surface area (Å²) in [6.45, 7) is 10.9. The lowest BCUT2D eigenvalue weighted by molar-refractivity contribution is 0.246. The molecule has 5 nitrogen and oxygen atoms in total. The number of hydrogen-bond acceptors (Lipinski definition) is 4. The molecule has 206 valence electrons. The van der Waals surface area contributed by atoms with Crippen molar-refractivity contribution < 1.29 is 9.47 Å². The molecule has 0 bridgehead atoms. The van der Waals surface area contributed by atoms with Crippen molar-refractivity contribution in [1.82, 2.24) is 14.5 Å². The molecule has 0 aliphatic rings. The van der Waals surface area contributed by atoms with Gasteiger partial charge in [0.05, 0.1) is 25.1 Å². The number of aromatic nitrogens is 2. The fraction of sp³-hybridized carbons (Fsp3) is 0.382. The topological polar surface area (TPSA) is 39.5 Å². The summed E-state index contributed by atoms with van der Waals surface area (Å²) >= 11 is 0. The highest BCUT2D eigenvalue weighted by Gasteiger charge is 2.22. The highest BCUT2D eigenvalue weighted by Crippen LogP contribution is 2.32. The summed E-state index contributed by atoms with van der Waals surface area (Å²) < 4.78 is 13.6. The molecule has 4 aromatic rings. The average Bonchev–Trinajstić information content (AvgIpc) is 3.34. The van der Waals surface area contributed by atoms with E-state index in [0.717, 1.165) is 86.0 Å². The third-order valence-corrected chi connectivity index (χ3v) is 7.05. The van der Waals surface area contributed by atoms with Gasteiger partial charge in [0, 0.05) is 30.8 Å². The van der Waals surface area contributed by atoms with Crippen molar-refractivity contribution in [2.75, 3.05) is 20.3 Å². The van der Waals surface area contributed by atoms with E-state index in [-0.39, 0.29) is 0 Å². The summed E-state index contributed by atoms with van der Waals surface area (Å²) in [6, 6.07) is 27.5. The minimum atomic E-state index is 0.682. The van der Waals surface area contributed by atoms with E-state index in [1.165, 1.54) is 11.3 Å². The minimum Gasteiger partial charge on any atom is -0.497 e. The van der Waals surface area contributed by atoms with Crippen LogP contribution in [-0.4, -0.2) is 34.7 Å². The van der Waals surface area contributed by atoms with Gasteiger partial charge in [0.25, 0.3) is 0 Å². The molecule has 0 fully saturated rings. The van der Waals surface area contributed by atoms with E-state index >= 15 is 0 Å². The second-order valence-corrected chi connectivity index (χ2v) is 9.97. The van der Waals surface area contributed by atoms with Crippen molar-refractivity contribution in [2.24, 2.45) is 0 Å². The maximum absolute atomic E-state index is 5.67. The molecule has 4 rings (SSSR count). The Kier molecular flexibility index (Phi) is 10.6. The lowest BCUT2D eigenvalue weighted by atomic mass is 10.1. The SMILES string of the molecule is CCCCN(Cc1ccc(OCC)cc1)Cc1c(-c2ccc(OC)cc2)nc(-c2ccccc2)n1CCCC. The van der Waals surface area contributed by atoms with Gasteiger partial charge >= 0.3 is 0 Å². The number of rotatable bonds is 15. The van der Waals surface area contributed by atoms with Crippen LogP contribution in [0, 0.1) is 0 Å². The molecule has 1 aromatic heterocycles. The zero-order valence-electron chi connectivity index (χ0n) is 24.0. The molecule has 5 heteroatoms. The van der Waals surface area contributed by atoms with Crippen molar-refractivity contribution in [3.05, 3.63) is 90.1 Å². The molecule has 0 aliphatic carbocycles. The molecule has 0 unspecified atom stereocenters. The molecule has 3 aromatic carbocycles. The fourth-order valence-corrected chi connectivity index (χ4v) is 4.91. The standard InChI is InChI=1S/C34H43N3O2/c1-5-8-23-36(25-27-15-19-31(20-16-27)39-7-3)26-32-33(28-17-21-30(38-4)22-18-28)35-34(37(32)24-9-6-2)29-13-11-10-12-14-29/h10-22H,5-9,23-26H2,1-4H3. The number of nitrogens with zero attached hydrogens (tertiary/aromatic N) is 3. The first-order valence-electron chi connectivity index (χ1n) is 14.4. The van der Waals surface area contributed by atoms with Crippen LogP contribution in [0.15, 0.2) is 78.9 Å². The first-order valence-corrected chi connectivity index (χ1v) is 14.4. The van der Waals surface area contributed by atoms with Gasteiger partial charge in [-0.3, -0.25) is 4.90 Å². The van der Waals surface area contributed by atoms with E-state index in [0.29, 0.717) is 6.61 Å². The van der Waals surface area contributed by atoms with Crippen LogP contribution in [0.4, 0.5) is 0 Å². The monoisotopic (exact) mass is 525 g/mol. The molecule has 0 N–H and O–H groups in total. The van der Waals surface area contributed by atoms with Crippen LogP contribution in [0.2, 0.25) is 0 Å². The van der Waals surface area contributed by atoms with Crippen LogP contribution in [0.3, 0.4) is 0 Å². The van der Waals surface area contributed by atoms with Gasteiger partial charge in [0.15, 0.2) is 0 Å². The van der Waals surface area contributed by atoms with Gasteiger partial charge < -0.3 is 14.0 Å². The van der Waals surface area contributed by atoms with Crippen molar-refractivity contribution in [3.8, 4) is 34.1 Å². The molecule has 0 spiro atoms. The Morgan fingerprint density at radius 2 is 1.44 bits per heavy atom. The Balaban J connectivity index is 1.76. The summed E-state index contributed by atoms with van der Waals surface area (Å²) in [4.78, 5) is 7.88. The highest BCUT2D eigenvalue weighted by atomic mass is 16.5. The molecule has 0 radical (unpaired) electrons. The van der Waals surface area contributed by atoms with Crippen molar-refractivity contribution in [2.45, 2.75) is 66.1 Å². The van der Waals surface area contributed by atoms with E-state index in [9.17, 15) is 0 Å². The van der Waals surface area contributed by atoms with Crippen LogP contribution in [0.5, 0.6) is 11.5 Å². The summed E-state index contributed by atoms with van der Waals surface area (Å²) in [6.07, 6.45) is 4.56. The molecule has 0 aliphatic heterocycles. The molecular formula is C34H43N3O2. The molecule has 0 saturated carbocycles. The van der Waals surface area contributed by atoms with Gasteiger partial charge in [-0.05, 0) is 68.3 Å². The lowest BCUT2D eigenvalue weighted by Gasteiger charge is -2.24. The number of benzene rings is 3. The van der Waals surface area contributed by atoms with E-state index in [1.807, 2.05) is 19.1 Å². The molecule has 0 amide bonds. The third kappa shape index (κ3) is 7.51. The van der Waals surface area contributed by atoms with Gasteiger partial charge in [0.1, 0.15) is 17.3 Å². The molecule has 0 saturated heterocycles. The van der Waals surface area contributed by atoms with Crippen LogP contribution < -0.4 is 9.47 Å². The molecular weight excluding hydrogens is 482 g/mol. The summed E-state index contributed by atoms with van der Waals surface area (Å²) in [5, 5.41) is 0. The Labute approximate surface area is 234 Å². The zero-order valence-corrected chi connectivity index (χ0v) is 24.0. The van der Waals surface area contributed by atoms with Crippen LogP contribution >= 0.6 is 0 Å². The normalized spacial score (nSPS) is 11.2. The second-order valence-electron chi connectivity index (χ2n) is 9.97. The maximum atomic E-state index is 5.67. The van der Waals surface area contributed by atoms with E-state index in [1.54, 1.807) is 7.11 Å². The Morgan fingerprint density at radius 1 is 0.744 bits per heavy atom. The van der Waals surface area contributed by atoms with Gasteiger partial charge in [-0.1, -0.05) is 69.2 Å². The number of unbranched alkanes of at least 4 members (excludes halogenated alkanes) is 2. The van der Waals surface area contributed by atoms with E-state index in [4.69, 9.17) is 14.5 Å². The lowest BCUT2D eigenvalue weighted by Crippen LogP contribution is -2.26. The number of hydrogen-bond donors (Lipinski definition) is 0. The Hall–Kier alpha value is -3.57. The van der Waals surface area contributed by atoms with Crippen molar-refractivity contribution >= 4 is 0 Å². The van der Waals surface area contributed by atoms with Crippen LogP contribution in [0.1, 0.15) is 57.7 Å². The van der Waals surface area contributed by atoms with Crippen molar-refractivity contribution in [3.63, 3.8) is 0 Å². The number of methoxy groups -OCH3 is 1. The zero-order chi connectivity index (χ0) is 27.5. The Bertz CT molecular complexity index is 1260. The first kappa shape index (κ1) is 28.4. The van der Waals surface area contributed by atoms with Crippen molar-refractivity contribution in [1.29, 1.82) is 0 Å². The van der Waals surface area contributed by atoms with Gasteiger partial charge in [0.2, 0.25) is 0 Å². The first-order chi connectivity index (χ1) is 19.2. The number of imidazole rings is 1. The second kappa shape index (κ2) is 14.5. The smallest absolute Gasteiger partial charge is 0.140 e. The largest absolute Gasteiger partial charge is 0.497 e. The summed E-state index contributed by atoms with van der Waals surface area (Å²) in [7, 11) is 1.71. The van der Waals surface area contributed by atoms with Crippen LogP contribution in [0.25, 0.3) is 22.6 Å². The predicted octanol–water partition coefficient (Wildman–Crippen LogP) is 8.23. The minimum absolute atomic E-state index is 0.682. The van der Waals surface area contributed by atoms with Crippen LogP contribution in [-0.2, 0) is 19.6 Å². The van der Waals surface area contributed by atoms with E-state index < -0.39 is 0 Å².